The Morgan fingerprint density at radius 1 is 1.26 bits per heavy atom. The maximum absolute atomic E-state index is 9.44. The van der Waals surface area contributed by atoms with E-state index in [0.717, 1.165) is 25.2 Å². The average molecular weight is 266 g/mol. The lowest BCUT2D eigenvalue weighted by atomic mass is 9.97. The standard InChI is InChI=1S/C16H26O3/c1-13(2)12-19-8-7-15(11-17)9-14-5-4-6-16(10-14)18-3/h4-6,10,13,15,17H,7-9,11-12H2,1-3H3. The summed E-state index contributed by atoms with van der Waals surface area (Å²) in [4.78, 5) is 0. The molecule has 1 aromatic rings. The molecule has 0 aromatic heterocycles. The molecule has 0 aliphatic rings. The monoisotopic (exact) mass is 266 g/mol. The number of benzene rings is 1. The van der Waals surface area contributed by atoms with Crippen molar-refractivity contribution in [2.45, 2.75) is 26.7 Å². The predicted molar refractivity (Wildman–Crippen MR) is 77.5 cm³/mol. The molecule has 108 valence electrons. The Labute approximate surface area is 116 Å². The Bertz CT molecular complexity index is 350. The van der Waals surface area contributed by atoms with E-state index in [1.807, 2.05) is 18.2 Å². The molecule has 0 saturated heterocycles. The average Bonchev–Trinajstić information content (AvgIpc) is 2.42. The van der Waals surface area contributed by atoms with Crippen LogP contribution in [0.15, 0.2) is 24.3 Å². The molecule has 0 amide bonds. The molecule has 0 saturated carbocycles. The van der Waals surface area contributed by atoms with Crippen molar-refractivity contribution in [1.82, 2.24) is 0 Å². The van der Waals surface area contributed by atoms with Gasteiger partial charge in [-0.05, 0) is 42.4 Å². The van der Waals surface area contributed by atoms with Crippen LogP contribution >= 0.6 is 0 Å². The minimum absolute atomic E-state index is 0.197. The van der Waals surface area contributed by atoms with Crippen LogP contribution in [0.5, 0.6) is 5.75 Å². The van der Waals surface area contributed by atoms with E-state index in [9.17, 15) is 5.11 Å². The van der Waals surface area contributed by atoms with Crippen LogP contribution in [0.25, 0.3) is 0 Å². The van der Waals surface area contributed by atoms with Gasteiger partial charge in [0.1, 0.15) is 5.75 Å². The van der Waals surface area contributed by atoms with Crippen molar-refractivity contribution in [3.63, 3.8) is 0 Å². The molecule has 1 unspecified atom stereocenters. The Kier molecular flexibility index (Phi) is 7.53. The first-order chi connectivity index (χ1) is 9.15. The normalized spacial score (nSPS) is 12.7. The summed E-state index contributed by atoms with van der Waals surface area (Å²) in [5.74, 6) is 1.68. The van der Waals surface area contributed by atoms with Gasteiger partial charge in [0, 0.05) is 19.8 Å². The molecule has 0 radical (unpaired) electrons. The Morgan fingerprint density at radius 3 is 2.68 bits per heavy atom. The second kappa shape index (κ2) is 8.94. The minimum atomic E-state index is 0.197. The Balaban J connectivity index is 2.38. The van der Waals surface area contributed by atoms with E-state index in [-0.39, 0.29) is 12.5 Å². The number of aliphatic hydroxyl groups is 1. The molecule has 19 heavy (non-hydrogen) atoms. The molecule has 0 bridgehead atoms. The smallest absolute Gasteiger partial charge is 0.119 e. The van der Waals surface area contributed by atoms with Crippen LogP contribution in [-0.4, -0.2) is 32.0 Å². The van der Waals surface area contributed by atoms with Crippen molar-refractivity contribution in [3.8, 4) is 5.75 Å². The molecule has 0 fully saturated rings. The van der Waals surface area contributed by atoms with Crippen molar-refractivity contribution >= 4 is 0 Å². The third-order valence-electron chi connectivity index (χ3n) is 3.04. The van der Waals surface area contributed by atoms with Crippen LogP contribution in [-0.2, 0) is 11.2 Å². The Hall–Kier alpha value is -1.06. The number of methoxy groups -OCH3 is 1. The second-order valence-electron chi connectivity index (χ2n) is 5.36. The highest BCUT2D eigenvalue weighted by Crippen LogP contribution is 2.17. The maximum Gasteiger partial charge on any atom is 0.119 e. The highest BCUT2D eigenvalue weighted by atomic mass is 16.5. The summed E-state index contributed by atoms with van der Waals surface area (Å²) in [6, 6.07) is 8.01. The van der Waals surface area contributed by atoms with Gasteiger partial charge in [-0.3, -0.25) is 0 Å². The third kappa shape index (κ3) is 6.60. The van der Waals surface area contributed by atoms with Crippen molar-refractivity contribution in [1.29, 1.82) is 0 Å². The fourth-order valence-corrected chi connectivity index (χ4v) is 1.96. The SMILES string of the molecule is COc1cccc(CC(CO)CCOCC(C)C)c1. The summed E-state index contributed by atoms with van der Waals surface area (Å²) in [7, 11) is 1.67. The van der Waals surface area contributed by atoms with Gasteiger partial charge in [-0.2, -0.15) is 0 Å². The third-order valence-corrected chi connectivity index (χ3v) is 3.04. The predicted octanol–water partition coefficient (Wildman–Crippen LogP) is 2.91. The zero-order valence-electron chi connectivity index (χ0n) is 12.3. The van der Waals surface area contributed by atoms with Gasteiger partial charge in [-0.25, -0.2) is 0 Å². The van der Waals surface area contributed by atoms with Gasteiger partial charge in [0.2, 0.25) is 0 Å². The van der Waals surface area contributed by atoms with Crippen LogP contribution in [0.3, 0.4) is 0 Å². The van der Waals surface area contributed by atoms with Crippen LogP contribution in [0.2, 0.25) is 0 Å². The molecule has 3 heteroatoms. The van der Waals surface area contributed by atoms with Gasteiger partial charge in [0.25, 0.3) is 0 Å². The fourth-order valence-electron chi connectivity index (χ4n) is 1.96. The summed E-state index contributed by atoms with van der Waals surface area (Å²) < 4.78 is 10.8. The summed E-state index contributed by atoms with van der Waals surface area (Å²) >= 11 is 0. The van der Waals surface area contributed by atoms with Crippen molar-refractivity contribution in [2.75, 3.05) is 26.9 Å². The molecule has 1 atom stereocenters. The Morgan fingerprint density at radius 2 is 2.05 bits per heavy atom. The van der Waals surface area contributed by atoms with Crippen molar-refractivity contribution in [3.05, 3.63) is 29.8 Å². The molecule has 0 spiro atoms. The summed E-state index contributed by atoms with van der Waals surface area (Å²) in [5, 5.41) is 9.44. The molecule has 1 N–H and O–H groups in total. The van der Waals surface area contributed by atoms with E-state index in [1.54, 1.807) is 7.11 Å². The first-order valence-electron chi connectivity index (χ1n) is 6.97. The topological polar surface area (TPSA) is 38.7 Å². The van der Waals surface area contributed by atoms with E-state index >= 15 is 0 Å². The van der Waals surface area contributed by atoms with Crippen LogP contribution in [0.1, 0.15) is 25.8 Å². The molecule has 0 heterocycles. The molecular weight excluding hydrogens is 240 g/mol. The minimum Gasteiger partial charge on any atom is -0.497 e. The van der Waals surface area contributed by atoms with Gasteiger partial charge in [-0.15, -0.1) is 0 Å². The summed E-state index contributed by atoms with van der Waals surface area (Å²) in [6.45, 7) is 5.98. The number of hydrogen-bond donors (Lipinski definition) is 1. The quantitative estimate of drug-likeness (QED) is 0.698. The largest absolute Gasteiger partial charge is 0.497 e. The zero-order valence-corrected chi connectivity index (χ0v) is 12.3. The molecule has 1 rings (SSSR count). The second-order valence-corrected chi connectivity index (χ2v) is 5.36. The van der Waals surface area contributed by atoms with Crippen molar-refractivity contribution < 1.29 is 14.6 Å². The zero-order chi connectivity index (χ0) is 14.1. The summed E-state index contributed by atoms with van der Waals surface area (Å²) in [6.07, 6.45) is 1.75. The molecular formula is C16H26O3. The van der Waals surface area contributed by atoms with E-state index in [0.29, 0.717) is 12.5 Å². The van der Waals surface area contributed by atoms with Gasteiger partial charge >= 0.3 is 0 Å². The highest BCUT2D eigenvalue weighted by Gasteiger charge is 2.09. The van der Waals surface area contributed by atoms with Gasteiger partial charge in [0.05, 0.1) is 7.11 Å². The lowest BCUT2D eigenvalue weighted by molar-refractivity contribution is 0.0878. The van der Waals surface area contributed by atoms with Crippen molar-refractivity contribution in [2.24, 2.45) is 11.8 Å². The lowest BCUT2D eigenvalue weighted by Gasteiger charge is -2.15. The molecule has 3 nitrogen and oxygen atoms in total. The molecule has 0 aliphatic carbocycles. The van der Waals surface area contributed by atoms with E-state index in [2.05, 4.69) is 19.9 Å². The first kappa shape index (κ1) is 16.0. The molecule has 1 aromatic carbocycles. The number of aliphatic hydroxyl groups excluding tert-OH is 1. The summed E-state index contributed by atoms with van der Waals surface area (Å²) in [5.41, 5.74) is 1.20. The van der Waals surface area contributed by atoms with E-state index in [4.69, 9.17) is 9.47 Å². The fraction of sp³-hybridized carbons (Fsp3) is 0.625. The number of rotatable bonds is 9. The highest BCUT2D eigenvalue weighted by molar-refractivity contribution is 5.28. The maximum atomic E-state index is 9.44. The van der Waals surface area contributed by atoms with Crippen LogP contribution in [0, 0.1) is 11.8 Å². The number of ether oxygens (including phenoxy) is 2. The number of hydrogen-bond acceptors (Lipinski definition) is 3. The lowest BCUT2D eigenvalue weighted by Crippen LogP contribution is -2.14. The molecule has 0 aliphatic heterocycles. The van der Waals surface area contributed by atoms with Crippen LogP contribution in [0.4, 0.5) is 0 Å². The van der Waals surface area contributed by atoms with Crippen LogP contribution < -0.4 is 4.74 Å². The van der Waals surface area contributed by atoms with E-state index in [1.165, 1.54) is 5.56 Å². The van der Waals surface area contributed by atoms with E-state index < -0.39 is 0 Å². The van der Waals surface area contributed by atoms with Gasteiger partial charge in [-0.1, -0.05) is 26.0 Å². The van der Waals surface area contributed by atoms with Gasteiger partial charge < -0.3 is 14.6 Å². The van der Waals surface area contributed by atoms with Gasteiger partial charge in [0.15, 0.2) is 0 Å². The first-order valence-corrected chi connectivity index (χ1v) is 6.97.